The quantitative estimate of drug-likeness (QED) is 0.403. The van der Waals surface area contributed by atoms with E-state index in [0.29, 0.717) is 12.1 Å². The largest absolute Gasteiger partial charge is 0.463 e. The summed E-state index contributed by atoms with van der Waals surface area (Å²) in [7, 11) is 0. The van der Waals surface area contributed by atoms with Crippen LogP contribution < -0.4 is 10.6 Å². The number of alkyl halides is 6. The van der Waals surface area contributed by atoms with Gasteiger partial charge in [0.1, 0.15) is 0 Å². The van der Waals surface area contributed by atoms with Gasteiger partial charge in [0, 0.05) is 11.3 Å². The fraction of sp³-hybridized carbons (Fsp3) is 0.263. The fourth-order valence-electron chi connectivity index (χ4n) is 2.45. The van der Waals surface area contributed by atoms with Crippen LogP contribution in [0.2, 0.25) is 0 Å². The number of hydrogen-bond donors (Lipinski definition) is 2. The van der Waals surface area contributed by atoms with Gasteiger partial charge >= 0.3 is 24.0 Å². The minimum absolute atomic E-state index is 0.207. The van der Waals surface area contributed by atoms with Gasteiger partial charge in [-0.3, -0.25) is 4.79 Å². The van der Waals surface area contributed by atoms with Gasteiger partial charge in [0.15, 0.2) is 0 Å². The predicted molar refractivity (Wildman–Crippen MR) is 94.4 cm³/mol. The first-order valence-electron chi connectivity index (χ1n) is 8.47. The van der Waals surface area contributed by atoms with E-state index in [-0.39, 0.29) is 5.56 Å². The first-order chi connectivity index (χ1) is 13.9. The van der Waals surface area contributed by atoms with Crippen LogP contribution in [0.3, 0.4) is 0 Å². The van der Waals surface area contributed by atoms with E-state index in [0.717, 1.165) is 12.1 Å². The zero-order valence-electron chi connectivity index (χ0n) is 15.4. The second-order valence-corrected chi connectivity index (χ2v) is 5.99. The summed E-state index contributed by atoms with van der Waals surface area (Å²) < 4.78 is 85.4. The average Bonchev–Trinajstić information content (AvgIpc) is 2.67. The minimum Gasteiger partial charge on any atom is -0.463 e. The molecule has 0 aromatic heterocycles. The Morgan fingerprint density at radius 3 is 2.10 bits per heavy atom. The maximum atomic E-state index is 14.0. The molecule has 162 valence electrons. The average molecular weight is 434 g/mol. The zero-order chi connectivity index (χ0) is 22.6. The second kappa shape index (κ2) is 8.64. The Morgan fingerprint density at radius 1 is 0.933 bits per heavy atom. The van der Waals surface area contributed by atoms with Gasteiger partial charge in [-0.05, 0) is 37.3 Å². The molecule has 1 unspecified atom stereocenters. The third-order valence-corrected chi connectivity index (χ3v) is 3.87. The number of rotatable bonds is 6. The number of benzene rings is 2. The summed E-state index contributed by atoms with van der Waals surface area (Å²) in [6, 6.07) is 9.46. The van der Waals surface area contributed by atoms with Crippen molar-refractivity contribution in [1.29, 1.82) is 0 Å². The van der Waals surface area contributed by atoms with Crippen LogP contribution in [0.4, 0.5) is 32.0 Å². The highest BCUT2D eigenvalue weighted by atomic mass is 19.4. The van der Waals surface area contributed by atoms with Crippen molar-refractivity contribution in [3.05, 3.63) is 65.7 Å². The molecule has 2 N–H and O–H groups in total. The van der Waals surface area contributed by atoms with Gasteiger partial charge in [0.05, 0.1) is 12.2 Å². The lowest BCUT2D eigenvalue weighted by atomic mass is 10.1. The second-order valence-electron chi connectivity index (χ2n) is 5.99. The number of anilines is 1. The predicted octanol–water partition coefficient (Wildman–Crippen LogP) is 4.37. The molecule has 2 aromatic rings. The molecule has 1 atom stereocenters. The lowest BCUT2D eigenvalue weighted by Crippen LogP contribution is -2.69. The van der Waals surface area contributed by atoms with Crippen LogP contribution in [0.1, 0.15) is 22.8 Å². The molecule has 1 amide bonds. The first kappa shape index (κ1) is 23.0. The van der Waals surface area contributed by atoms with Gasteiger partial charge in [-0.1, -0.05) is 24.3 Å². The molecule has 0 spiro atoms. The van der Waals surface area contributed by atoms with E-state index in [1.165, 1.54) is 37.3 Å². The lowest BCUT2D eigenvalue weighted by molar-refractivity contribution is -0.204. The number of carbonyl (C=O) groups excluding carboxylic acids is 2. The number of amides is 1. The summed E-state index contributed by atoms with van der Waals surface area (Å²) in [5.74, 6) is -3.22. The molecule has 2 rings (SSSR count). The number of esters is 1. The summed E-state index contributed by atoms with van der Waals surface area (Å²) in [5, 5.41) is 3.25. The van der Waals surface area contributed by atoms with Crippen molar-refractivity contribution in [3.63, 3.8) is 0 Å². The van der Waals surface area contributed by atoms with Crippen LogP contribution in [0.15, 0.2) is 54.6 Å². The van der Waals surface area contributed by atoms with Crippen LogP contribution >= 0.6 is 0 Å². The number of ether oxygens (including phenoxy) is 1. The van der Waals surface area contributed by atoms with E-state index in [1.807, 2.05) is 0 Å². The molecule has 0 aliphatic rings. The third-order valence-electron chi connectivity index (χ3n) is 3.87. The van der Waals surface area contributed by atoms with Crippen LogP contribution in [0.25, 0.3) is 0 Å². The van der Waals surface area contributed by atoms with Gasteiger partial charge < -0.3 is 15.4 Å². The summed E-state index contributed by atoms with van der Waals surface area (Å²) in [6.07, 6.45) is -10.3. The Morgan fingerprint density at radius 2 is 1.57 bits per heavy atom. The number of carbonyl (C=O) groups is 2. The van der Waals surface area contributed by atoms with E-state index < -0.39 is 47.7 Å². The Labute approximate surface area is 167 Å². The molecule has 0 bridgehead atoms. The molecule has 11 heteroatoms. The third kappa shape index (κ3) is 5.02. The lowest BCUT2D eigenvalue weighted by Gasteiger charge is -2.35. The van der Waals surface area contributed by atoms with Crippen molar-refractivity contribution in [3.8, 4) is 0 Å². The molecular formula is C19H16F6N2O3. The maximum Gasteiger partial charge on any atom is 0.441 e. The van der Waals surface area contributed by atoms with Crippen LogP contribution in [-0.4, -0.2) is 30.3 Å². The first-order valence-corrected chi connectivity index (χ1v) is 8.47. The van der Waals surface area contributed by atoms with E-state index in [2.05, 4.69) is 4.74 Å². The summed E-state index contributed by atoms with van der Waals surface area (Å²) in [5.41, 5.74) is -5.99. The fourth-order valence-corrected chi connectivity index (χ4v) is 2.45. The molecule has 0 aliphatic heterocycles. The van der Waals surface area contributed by atoms with Crippen LogP contribution in [-0.2, 0) is 15.7 Å². The van der Waals surface area contributed by atoms with Gasteiger partial charge in [-0.25, -0.2) is 4.79 Å². The smallest absolute Gasteiger partial charge is 0.441 e. The van der Waals surface area contributed by atoms with Crippen LogP contribution in [0, 0.1) is 0 Å². The van der Waals surface area contributed by atoms with Crippen molar-refractivity contribution in [2.75, 3.05) is 11.9 Å². The topological polar surface area (TPSA) is 67.4 Å². The van der Waals surface area contributed by atoms with Crippen molar-refractivity contribution in [2.45, 2.75) is 24.9 Å². The molecular weight excluding hydrogens is 418 g/mol. The molecule has 0 heterocycles. The Kier molecular flexibility index (Phi) is 6.63. The molecule has 5 nitrogen and oxygen atoms in total. The molecule has 30 heavy (non-hydrogen) atoms. The van der Waals surface area contributed by atoms with Gasteiger partial charge in [-0.15, -0.1) is 0 Å². The monoisotopic (exact) mass is 434 g/mol. The molecule has 0 saturated heterocycles. The Bertz CT molecular complexity index is 899. The normalized spacial score (nSPS) is 13.8. The van der Waals surface area contributed by atoms with E-state index in [4.69, 9.17) is 0 Å². The highest BCUT2D eigenvalue weighted by Crippen LogP contribution is 2.36. The van der Waals surface area contributed by atoms with E-state index in [9.17, 15) is 35.9 Å². The van der Waals surface area contributed by atoms with Gasteiger partial charge in [0.2, 0.25) is 0 Å². The Hall–Kier alpha value is -3.24. The highest BCUT2D eigenvalue weighted by Gasteiger charge is 2.63. The number of nitrogens with one attached hydrogen (secondary N) is 2. The van der Waals surface area contributed by atoms with Crippen LogP contribution in [0.5, 0.6) is 0 Å². The SMILES string of the molecule is CCOC(=O)C(NC(=O)c1ccccc1)(Nc1cccc(C(F)(F)F)c1)C(F)(F)F. The minimum atomic E-state index is -5.47. The molecule has 0 radical (unpaired) electrons. The van der Waals surface area contributed by atoms with Crippen molar-refractivity contribution in [2.24, 2.45) is 0 Å². The summed E-state index contributed by atoms with van der Waals surface area (Å²) in [4.78, 5) is 24.7. The van der Waals surface area contributed by atoms with Gasteiger partial charge in [-0.2, -0.15) is 26.3 Å². The maximum absolute atomic E-state index is 14.0. The zero-order valence-corrected chi connectivity index (χ0v) is 15.4. The summed E-state index contributed by atoms with van der Waals surface area (Å²) >= 11 is 0. The standard InChI is InChI=1S/C19H16F6N2O3/c1-2-30-16(29)17(19(23,24)25,27-15(28)12-7-4-3-5-8-12)26-14-10-6-9-13(11-14)18(20,21)22/h3-11,26H,2H2,1H3,(H,27,28). The van der Waals surface area contributed by atoms with Crippen molar-refractivity contribution in [1.82, 2.24) is 5.32 Å². The molecule has 0 aliphatic carbocycles. The van der Waals surface area contributed by atoms with E-state index >= 15 is 0 Å². The Balaban J connectivity index is 2.54. The highest BCUT2D eigenvalue weighted by molar-refractivity contribution is 5.99. The van der Waals surface area contributed by atoms with Gasteiger partial charge in [0.25, 0.3) is 5.91 Å². The number of halogens is 6. The van der Waals surface area contributed by atoms with Crippen molar-refractivity contribution >= 4 is 17.6 Å². The van der Waals surface area contributed by atoms with E-state index in [1.54, 1.807) is 10.6 Å². The molecule has 0 fully saturated rings. The number of hydrogen-bond acceptors (Lipinski definition) is 4. The van der Waals surface area contributed by atoms with Crippen molar-refractivity contribution < 1.29 is 40.7 Å². The summed E-state index contributed by atoms with van der Waals surface area (Å²) in [6.45, 7) is 0.768. The molecule has 2 aromatic carbocycles. The molecule has 0 saturated carbocycles.